The zero-order chi connectivity index (χ0) is 15.1. The van der Waals surface area contributed by atoms with Crippen LogP contribution in [0.3, 0.4) is 0 Å². The predicted molar refractivity (Wildman–Crippen MR) is 82.7 cm³/mol. The Morgan fingerprint density at radius 3 is 2.81 bits per heavy atom. The number of anilines is 2. The van der Waals surface area contributed by atoms with Crippen LogP contribution in [0.5, 0.6) is 0 Å². The van der Waals surface area contributed by atoms with Crippen LogP contribution in [-0.2, 0) is 6.42 Å². The first-order valence-corrected chi connectivity index (χ1v) is 7.71. The van der Waals surface area contributed by atoms with Crippen LogP contribution in [0.2, 0.25) is 0 Å². The van der Waals surface area contributed by atoms with Gasteiger partial charge in [0.25, 0.3) is 5.91 Å². The number of aryl methyl sites for hydroxylation is 1. The first-order valence-electron chi connectivity index (χ1n) is 6.94. The zero-order valence-corrected chi connectivity index (χ0v) is 12.9. The van der Waals surface area contributed by atoms with Gasteiger partial charge >= 0.3 is 0 Å². The predicted octanol–water partition coefficient (Wildman–Crippen LogP) is 2.35. The molecule has 0 unspecified atom stereocenters. The molecule has 0 saturated carbocycles. The molecule has 2 N–H and O–H groups in total. The lowest BCUT2D eigenvalue weighted by Gasteiger charge is -2.09. The van der Waals surface area contributed by atoms with Crippen LogP contribution in [0.4, 0.5) is 10.9 Å². The van der Waals surface area contributed by atoms with Crippen molar-refractivity contribution < 1.29 is 4.79 Å². The summed E-state index contributed by atoms with van der Waals surface area (Å²) in [5, 5.41) is 13.4. The second-order valence-electron chi connectivity index (χ2n) is 4.53. The second-order valence-corrected chi connectivity index (χ2v) is 5.26. The van der Waals surface area contributed by atoms with Gasteiger partial charge in [0.2, 0.25) is 5.13 Å². The SMILES string of the molecule is CCCNc1cc(C(=O)Nc2nnns2)cc(CCC)n1. The van der Waals surface area contributed by atoms with Gasteiger partial charge in [-0.1, -0.05) is 29.9 Å². The van der Waals surface area contributed by atoms with Gasteiger partial charge in [-0.3, -0.25) is 10.1 Å². The van der Waals surface area contributed by atoms with E-state index in [0.717, 1.165) is 48.9 Å². The average molecular weight is 306 g/mol. The van der Waals surface area contributed by atoms with E-state index in [1.54, 1.807) is 6.07 Å². The lowest BCUT2D eigenvalue weighted by Crippen LogP contribution is -2.14. The van der Waals surface area contributed by atoms with Gasteiger partial charge in [0.15, 0.2) is 0 Å². The smallest absolute Gasteiger partial charge is 0.257 e. The molecule has 0 aliphatic rings. The number of rotatable bonds is 7. The first-order chi connectivity index (χ1) is 10.2. The van der Waals surface area contributed by atoms with Crippen LogP contribution in [0.25, 0.3) is 0 Å². The minimum atomic E-state index is -0.229. The van der Waals surface area contributed by atoms with Gasteiger partial charge in [-0.25, -0.2) is 4.98 Å². The van der Waals surface area contributed by atoms with E-state index in [1.807, 2.05) is 6.07 Å². The van der Waals surface area contributed by atoms with Crippen molar-refractivity contribution in [3.63, 3.8) is 0 Å². The lowest BCUT2D eigenvalue weighted by atomic mass is 10.1. The number of carbonyl (C=O) groups is 1. The molecule has 2 aromatic rings. The van der Waals surface area contributed by atoms with E-state index in [2.05, 4.69) is 44.3 Å². The highest BCUT2D eigenvalue weighted by atomic mass is 32.1. The molecule has 2 rings (SSSR count). The van der Waals surface area contributed by atoms with Crippen LogP contribution < -0.4 is 10.6 Å². The van der Waals surface area contributed by atoms with E-state index < -0.39 is 0 Å². The fourth-order valence-electron chi connectivity index (χ4n) is 1.80. The highest BCUT2D eigenvalue weighted by molar-refractivity contribution is 7.09. The number of aromatic nitrogens is 4. The third-order valence-electron chi connectivity index (χ3n) is 2.72. The van der Waals surface area contributed by atoms with Gasteiger partial charge in [-0.05, 0) is 30.2 Å². The second kappa shape index (κ2) is 7.63. The molecule has 0 aromatic carbocycles. The van der Waals surface area contributed by atoms with Crippen molar-refractivity contribution in [2.75, 3.05) is 17.2 Å². The van der Waals surface area contributed by atoms with Crippen LogP contribution >= 0.6 is 11.5 Å². The summed E-state index contributed by atoms with van der Waals surface area (Å²) in [4.78, 5) is 16.8. The molecule has 0 aliphatic carbocycles. The van der Waals surface area contributed by atoms with Crippen molar-refractivity contribution >= 4 is 28.4 Å². The van der Waals surface area contributed by atoms with E-state index in [4.69, 9.17) is 0 Å². The zero-order valence-electron chi connectivity index (χ0n) is 12.1. The summed E-state index contributed by atoms with van der Waals surface area (Å²) in [5.74, 6) is 0.496. The highest BCUT2D eigenvalue weighted by Gasteiger charge is 2.12. The summed E-state index contributed by atoms with van der Waals surface area (Å²) in [7, 11) is 0. The Kier molecular flexibility index (Phi) is 5.56. The monoisotopic (exact) mass is 306 g/mol. The molecule has 0 aliphatic heterocycles. The molecule has 0 radical (unpaired) electrons. The van der Waals surface area contributed by atoms with Gasteiger partial charge in [0.05, 0.1) is 0 Å². The van der Waals surface area contributed by atoms with Crippen molar-refractivity contribution in [1.29, 1.82) is 0 Å². The van der Waals surface area contributed by atoms with Crippen molar-refractivity contribution in [3.8, 4) is 0 Å². The molecular formula is C13H18N6OS. The molecule has 0 atom stereocenters. The quantitative estimate of drug-likeness (QED) is 0.815. The summed E-state index contributed by atoms with van der Waals surface area (Å²) < 4.78 is 3.62. The van der Waals surface area contributed by atoms with Crippen LogP contribution in [0.1, 0.15) is 42.7 Å². The van der Waals surface area contributed by atoms with Gasteiger partial charge in [-0.2, -0.15) is 0 Å². The minimum Gasteiger partial charge on any atom is -0.370 e. The molecule has 21 heavy (non-hydrogen) atoms. The summed E-state index contributed by atoms with van der Waals surface area (Å²) in [5.41, 5.74) is 1.46. The maximum Gasteiger partial charge on any atom is 0.257 e. The number of carbonyl (C=O) groups excluding carboxylic acids is 1. The third kappa shape index (κ3) is 4.45. The van der Waals surface area contributed by atoms with E-state index >= 15 is 0 Å². The van der Waals surface area contributed by atoms with Crippen LogP contribution in [0, 0.1) is 0 Å². The molecule has 7 nitrogen and oxygen atoms in total. The standard InChI is InChI=1S/C13H18N6OS/c1-3-5-10-7-9(8-11(15-10)14-6-4-2)12(20)16-13-17-18-19-21-13/h7-8H,3-6H2,1-2H3,(H,14,15)(H,16,17,19,20). The fourth-order valence-corrected chi connectivity index (χ4v) is 2.16. The van der Waals surface area contributed by atoms with E-state index in [-0.39, 0.29) is 5.91 Å². The Hall–Kier alpha value is -2.09. The molecule has 8 heteroatoms. The van der Waals surface area contributed by atoms with E-state index in [1.165, 1.54) is 0 Å². The number of amides is 1. The molecule has 2 heterocycles. The van der Waals surface area contributed by atoms with Crippen molar-refractivity contribution in [2.24, 2.45) is 0 Å². The normalized spacial score (nSPS) is 10.4. The lowest BCUT2D eigenvalue weighted by molar-refractivity contribution is 0.102. The van der Waals surface area contributed by atoms with Gasteiger partial charge < -0.3 is 5.32 Å². The number of nitrogens with one attached hydrogen (secondary N) is 2. The Morgan fingerprint density at radius 2 is 2.14 bits per heavy atom. The number of hydrogen-bond donors (Lipinski definition) is 2. The highest BCUT2D eigenvalue weighted by Crippen LogP contribution is 2.15. The molecular weight excluding hydrogens is 288 g/mol. The van der Waals surface area contributed by atoms with Crippen LogP contribution in [-0.4, -0.2) is 32.2 Å². The fraction of sp³-hybridized carbons (Fsp3) is 0.462. The summed E-state index contributed by atoms with van der Waals surface area (Å²) in [6.07, 6.45) is 2.81. The molecule has 0 bridgehead atoms. The first kappa shape index (κ1) is 15.3. The van der Waals surface area contributed by atoms with Crippen LogP contribution in [0.15, 0.2) is 12.1 Å². The molecule has 0 fully saturated rings. The largest absolute Gasteiger partial charge is 0.370 e. The Balaban J connectivity index is 2.19. The molecule has 0 saturated heterocycles. The van der Waals surface area contributed by atoms with E-state index in [9.17, 15) is 4.79 Å². The summed E-state index contributed by atoms with van der Waals surface area (Å²) in [6, 6.07) is 3.56. The van der Waals surface area contributed by atoms with Crippen molar-refractivity contribution in [3.05, 3.63) is 23.4 Å². The maximum atomic E-state index is 12.2. The minimum absolute atomic E-state index is 0.229. The van der Waals surface area contributed by atoms with Gasteiger partial charge in [-0.15, -0.1) is 0 Å². The van der Waals surface area contributed by atoms with Crippen molar-refractivity contribution in [1.82, 2.24) is 19.8 Å². The third-order valence-corrected chi connectivity index (χ3v) is 3.23. The Morgan fingerprint density at radius 1 is 1.29 bits per heavy atom. The maximum absolute atomic E-state index is 12.2. The molecule has 0 spiro atoms. The number of hydrogen-bond acceptors (Lipinski definition) is 7. The van der Waals surface area contributed by atoms with Crippen molar-refractivity contribution in [2.45, 2.75) is 33.1 Å². The topological polar surface area (TPSA) is 92.7 Å². The summed E-state index contributed by atoms with van der Waals surface area (Å²) in [6.45, 7) is 4.99. The molecule has 1 amide bonds. The Labute approximate surface area is 127 Å². The number of pyridine rings is 1. The molecule has 2 aromatic heterocycles. The van der Waals surface area contributed by atoms with E-state index in [0.29, 0.717) is 10.7 Å². The summed E-state index contributed by atoms with van der Waals surface area (Å²) >= 11 is 1.04. The molecule has 112 valence electrons. The van der Waals surface area contributed by atoms with Gasteiger partial charge in [0.1, 0.15) is 5.82 Å². The Bertz CT molecular complexity index is 586. The average Bonchev–Trinajstić information content (AvgIpc) is 2.98. The number of nitrogens with zero attached hydrogens (tertiary/aromatic N) is 4. The van der Waals surface area contributed by atoms with Gasteiger partial charge in [0, 0.05) is 29.3 Å².